The molecule has 0 unspecified atom stereocenters. The van der Waals surface area contributed by atoms with Crippen molar-refractivity contribution in [1.82, 2.24) is 9.29 Å². The van der Waals surface area contributed by atoms with Gasteiger partial charge < -0.3 is 0 Å². The SMILES string of the molecule is Cc1ncsc1[C@H]1CC(=O)N2[C@]1(c1ccccc1)c1ccccc1S2(=O)=O. The lowest BCUT2D eigenvalue weighted by atomic mass is 9.73. The van der Waals surface area contributed by atoms with Crippen LogP contribution in [0.15, 0.2) is 65.0 Å². The van der Waals surface area contributed by atoms with Crippen LogP contribution in [0.3, 0.4) is 0 Å². The zero-order valence-corrected chi connectivity index (χ0v) is 16.1. The molecule has 0 N–H and O–H groups in total. The molecule has 3 heterocycles. The summed E-state index contributed by atoms with van der Waals surface area (Å²) in [4.78, 5) is 18.6. The van der Waals surface area contributed by atoms with Crippen LogP contribution >= 0.6 is 11.3 Å². The van der Waals surface area contributed by atoms with E-state index in [-0.39, 0.29) is 23.1 Å². The molecular formula is C20H16N2O3S2. The molecule has 0 saturated carbocycles. The summed E-state index contributed by atoms with van der Waals surface area (Å²) in [7, 11) is -3.91. The van der Waals surface area contributed by atoms with Crippen LogP contribution in [0.1, 0.15) is 34.0 Å². The average Bonchev–Trinajstić information content (AvgIpc) is 3.29. The summed E-state index contributed by atoms with van der Waals surface area (Å²) in [5.41, 5.74) is 3.01. The second kappa shape index (κ2) is 5.50. The van der Waals surface area contributed by atoms with Gasteiger partial charge in [-0.15, -0.1) is 11.3 Å². The third-order valence-corrected chi connectivity index (χ3v) is 8.49. The summed E-state index contributed by atoms with van der Waals surface area (Å²) >= 11 is 1.48. The molecule has 2 aliphatic heterocycles. The van der Waals surface area contributed by atoms with Crippen molar-refractivity contribution in [3.63, 3.8) is 0 Å². The van der Waals surface area contributed by atoms with Crippen LogP contribution in [0.4, 0.5) is 0 Å². The van der Waals surface area contributed by atoms with Gasteiger partial charge in [-0.05, 0) is 18.6 Å². The highest BCUT2D eigenvalue weighted by Crippen LogP contribution is 2.61. The maximum absolute atomic E-state index is 13.3. The van der Waals surface area contributed by atoms with E-state index in [4.69, 9.17) is 0 Å². The van der Waals surface area contributed by atoms with Gasteiger partial charge in [-0.3, -0.25) is 4.79 Å². The van der Waals surface area contributed by atoms with E-state index in [1.807, 2.05) is 49.4 Å². The van der Waals surface area contributed by atoms with Crippen LogP contribution in [0.5, 0.6) is 0 Å². The highest BCUT2D eigenvalue weighted by Gasteiger charge is 2.66. The van der Waals surface area contributed by atoms with Gasteiger partial charge in [0.1, 0.15) is 5.54 Å². The summed E-state index contributed by atoms with van der Waals surface area (Å²) in [6.45, 7) is 1.91. The van der Waals surface area contributed by atoms with Crippen molar-refractivity contribution < 1.29 is 13.2 Å². The molecule has 2 aromatic carbocycles. The molecule has 1 aromatic heterocycles. The van der Waals surface area contributed by atoms with Crippen molar-refractivity contribution in [2.75, 3.05) is 0 Å². The van der Waals surface area contributed by atoms with Gasteiger partial charge in [-0.2, -0.15) is 0 Å². The van der Waals surface area contributed by atoms with Crippen LogP contribution in [-0.2, 0) is 20.4 Å². The number of nitrogens with zero attached hydrogens (tertiary/aromatic N) is 2. The number of sulfonamides is 1. The van der Waals surface area contributed by atoms with Gasteiger partial charge in [-0.1, -0.05) is 48.5 Å². The number of amides is 1. The fourth-order valence-corrected chi connectivity index (χ4v) is 7.53. The topological polar surface area (TPSA) is 67.3 Å². The quantitative estimate of drug-likeness (QED) is 0.666. The van der Waals surface area contributed by atoms with Crippen molar-refractivity contribution in [3.8, 4) is 0 Å². The Morgan fingerprint density at radius 2 is 1.81 bits per heavy atom. The number of carbonyl (C=O) groups excluding carboxylic acids is 1. The second-order valence-electron chi connectivity index (χ2n) is 6.85. The fourth-order valence-electron chi connectivity index (χ4n) is 4.56. The molecule has 2 atom stereocenters. The average molecular weight is 396 g/mol. The van der Waals surface area contributed by atoms with E-state index in [9.17, 15) is 13.2 Å². The molecule has 0 spiro atoms. The van der Waals surface area contributed by atoms with Crippen LogP contribution < -0.4 is 0 Å². The van der Waals surface area contributed by atoms with E-state index in [0.29, 0.717) is 5.56 Å². The molecule has 5 rings (SSSR count). The Kier molecular flexibility index (Phi) is 3.39. The number of hydrogen-bond donors (Lipinski definition) is 0. The maximum Gasteiger partial charge on any atom is 0.268 e. The Hall–Kier alpha value is -2.51. The molecule has 136 valence electrons. The van der Waals surface area contributed by atoms with E-state index >= 15 is 0 Å². The standard InChI is InChI=1S/C20H16N2O3S2/c1-13-19(26-12-21-13)16-11-18(23)22-20(16,14-7-3-2-4-8-14)15-9-5-6-10-17(15)27(22,24)25/h2-10,12,16H,11H2,1H3/t16-,20-/m1/s1. The third kappa shape index (κ3) is 1.96. The third-order valence-electron chi connectivity index (χ3n) is 5.56. The predicted molar refractivity (Wildman–Crippen MR) is 102 cm³/mol. The molecule has 1 fully saturated rings. The first-order chi connectivity index (χ1) is 13.0. The van der Waals surface area contributed by atoms with Crippen LogP contribution in [-0.4, -0.2) is 23.6 Å². The Balaban J connectivity index is 1.93. The Morgan fingerprint density at radius 1 is 1.11 bits per heavy atom. The lowest BCUT2D eigenvalue weighted by Crippen LogP contribution is -2.44. The highest BCUT2D eigenvalue weighted by atomic mass is 32.2. The molecule has 1 saturated heterocycles. The van der Waals surface area contributed by atoms with E-state index in [1.54, 1.807) is 17.6 Å². The summed E-state index contributed by atoms with van der Waals surface area (Å²) in [5.74, 6) is -0.675. The number of fused-ring (bicyclic) bond motifs is 3. The van der Waals surface area contributed by atoms with Crippen LogP contribution in [0.2, 0.25) is 0 Å². The first-order valence-corrected chi connectivity index (χ1v) is 10.9. The lowest BCUT2D eigenvalue weighted by Gasteiger charge is -2.36. The molecule has 27 heavy (non-hydrogen) atoms. The van der Waals surface area contributed by atoms with E-state index in [1.165, 1.54) is 11.3 Å². The van der Waals surface area contributed by atoms with Gasteiger partial charge in [0, 0.05) is 22.8 Å². The van der Waals surface area contributed by atoms with Gasteiger partial charge in [-0.25, -0.2) is 17.7 Å². The zero-order valence-electron chi connectivity index (χ0n) is 14.5. The molecule has 1 amide bonds. The molecule has 0 radical (unpaired) electrons. The van der Waals surface area contributed by atoms with Crippen molar-refractivity contribution in [1.29, 1.82) is 0 Å². The summed E-state index contributed by atoms with van der Waals surface area (Å²) in [5, 5.41) is 0. The van der Waals surface area contributed by atoms with E-state index in [2.05, 4.69) is 4.98 Å². The highest BCUT2D eigenvalue weighted by molar-refractivity contribution is 7.90. The summed E-state index contributed by atoms with van der Waals surface area (Å²) in [6.07, 6.45) is 0.144. The molecule has 5 nitrogen and oxygen atoms in total. The molecule has 0 bridgehead atoms. The van der Waals surface area contributed by atoms with Gasteiger partial charge >= 0.3 is 0 Å². The number of rotatable bonds is 2. The number of carbonyl (C=O) groups is 1. The fraction of sp³-hybridized carbons (Fsp3) is 0.200. The molecule has 3 aromatic rings. The summed E-state index contributed by atoms with van der Waals surface area (Å²) in [6, 6.07) is 16.4. The largest absolute Gasteiger partial charge is 0.274 e. The number of thiazole rings is 1. The number of hydrogen-bond acceptors (Lipinski definition) is 5. The van der Waals surface area contributed by atoms with E-state index in [0.717, 1.165) is 20.4 Å². The monoisotopic (exact) mass is 396 g/mol. The van der Waals surface area contributed by atoms with Gasteiger partial charge in [0.15, 0.2) is 0 Å². The first kappa shape index (κ1) is 16.6. The Morgan fingerprint density at radius 3 is 2.52 bits per heavy atom. The van der Waals surface area contributed by atoms with Crippen molar-refractivity contribution >= 4 is 27.3 Å². The lowest BCUT2D eigenvalue weighted by molar-refractivity contribution is -0.125. The van der Waals surface area contributed by atoms with Crippen molar-refractivity contribution in [2.24, 2.45) is 0 Å². The second-order valence-corrected chi connectivity index (χ2v) is 9.49. The predicted octanol–water partition coefficient (Wildman–Crippen LogP) is 3.41. The minimum atomic E-state index is -3.91. The molecular weight excluding hydrogens is 380 g/mol. The zero-order chi connectivity index (χ0) is 18.8. The number of benzene rings is 2. The minimum Gasteiger partial charge on any atom is -0.274 e. The van der Waals surface area contributed by atoms with Crippen LogP contribution in [0.25, 0.3) is 0 Å². The first-order valence-electron chi connectivity index (χ1n) is 8.62. The van der Waals surface area contributed by atoms with Crippen LogP contribution in [0, 0.1) is 6.92 Å². The van der Waals surface area contributed by atoms with Gasteiger partial charge in [0.05, 0.1) is 16.1 Å². The number of aryl methyl sites for hydroxylation is 1. The van der Waals surface area contributed by atoms with Crippen molar-refractivity contribution in [3.05, 3.63) is 81.8 Å². The maximum atomic E-state index is 13.3. The smallest absolute Gasteiger partial charge is 0.268 e. The van der Waals surface area contributed by atoms with Gasteiger partial charge in [0.25, 0.3) is 10.0 Å². The normalized spacial score (nSPS) is 25.4. The van der Waals surface area contributed by atoms with Gasteiger partial charge in [0.2, 0.25) is 5.91 Å². The molecule has 0 aliphatic carbocycles. The molecule has 2 aliphatic rings. The molecule has 7 heteroatoms. The minimum absolute atomic E-state index is 0.144. The summed E-state index contributed by atoms with van der Waals surface area (Å²) < 4.78 is 27.8. The van der Waals surface area contributed by atoms with Crippen molar-refractivity contribution in [2.45, 2.75) is 29.7 Å². The number of aromatic nitrogens is 1. The Bertz CT molecular complexity index is 1170. The Labute approximate surface area is 161 Å². The van der Waals surface area contributed by atoms with E-state index < -0.39 is 15.6 Å².